The lowest BCUT2D eigenvalue weighted by molar-refractivity contribution is -0.116. The van der Waals surface area contributed by atoms with Crippen molar-refractivity contribution in [3.8, 4) is 12.3 Å². The van der Waals surface area contributed by atoms with Crippen LogP contribution in [0.1, 0.15) is 18.9 Å². The second-order valence-corrected chi connectivity index (χ2v) is 3.07. The number of hydrogen-bond donors (Lipinski definition) is 1. The molecule has 0 aliphatic heterocycles. The average molecular weight is 187 g/mol. The van der Waals surface area contributed by atoms with Gasteiger partial charge in [0, 0.05) is 24.2 Å². The number of terminal acetylenes is 1. The van der Waals surface area contributed by atoms with Crippen molar-refractivity contribution in [1.82, 2.24) is 0 Å². The molecule has 2 nitrogen and oxygen atoms in total. The highest BCUT2D eigenvalue weighted by molar-refractivity contribution is 5.76. The Labute approximate surface area is 84.3 Å². The molecule has 1 rings (SSSR count). The molecule has 1 N–H and O–H groups in total. The molecule has 2 heteroatoms. The predicted octanol–water partition coefficient (Wildman–Crippen LogP) is 2.06. The normalized spacial score (nSPS) is 9.14. The summed E-state index contributed by atoms with van der Waals surface area (Å²) in [5.74, 6) is 2.76. The third-order valence-corrected chi connectivity index (χ3v) is 1.88. The van der Waals surface area contributed by atoms with Crippen LogP contribution in [0.4, 0.5) is 5.69 Å². The maximum atomic E-state index is 10.7. The molecule has 0 unspecified atom stereocenters. The number of carbonyl (C=O) groups excluding carboxylic acids is 1. The number of rotatable bonds is 4. The smallest absolute Gasteiger partial charge is 0.131 e. The van der Waals surface area contributed by atoms with Crippen LogP contribution in [0.15, 0.2) is 24.3 Å². The van der Waals surface area contributed by atoms with Crippen molar-refractivity contribution in [3.63, 3.8) is 0 Å². The Bertz CT molecular complexity index is 363. The SMILES string of the molecule is C#Cc1ccccc1NCCC(C)=O. The fourth-order valence-corrected chi connectivity index (χ4v) is 1.14. The Morgan fingerprint density at radius 1 is 1.50 bits per heavy atom. The number of anilines is 1. The van der Waals surface area contributed by atoms with E-state index in [-0.39, 0.29) is 5.78 Å². The summed E-state index contributed by atoms with van der Waals surface area (Å²) in [4.78, 5) is 10.7. The molecule has 0 aliphatic carbocycles. The number of ketones is 1. The van der Waals surface area contributed by atoms with E-state index in [4.69, 9.17) is 6.42 Å². The van der Waals surface area contributed by atoms with Crippen LogP contribution in [0.3, 0.4) is 0 Å². The molecular formula is C12H13NO. The molecule has 0 saturated carbocycles. The number of para-hydroxylation sites is 1. The molecular weight excluding hydrogens is 174 g/mol. The second kappa shape index (κ2) is 5.08. The maximum Gasteiger partial charge on any atom is 0.131 e. The van der Waals surface area contributed by atoms with Gasteiger partial charge in [0.2, 0.25) is 0 Å². The fourth-order valence-electron chi connectivity index (χ4n) is 1.14. The Morgan fingerprint density at radius 3 is 2.86 bits per heavy atom. The summed E-state index contributed by atoms with van der Waals surface area (Å²) in [6.45, 7) is 2.21. The first-order valence-corrected chi connectivity index (χ1v) is 4.53. The van der Waals surface area contributed by atoms with Crippen molar-refractivity contribution in [1.29, 1.82) is 0 Å². The minimum absolute atomic E-state index is 0.177. The molecule has 0 amide bonds. The lowest BCUT2D eigenvalue weighted by Crippen LogP contribution is -2.06. The third-order valence-electron chi connectivity index (χ3n) is 1.88. The molecule has 1 aromatic rings. The van der Waals surface area contributed by atoms with Crippen molar-refractivity contribution in [2.45, 2.75) is 13.3 Å². The zero-order valence-electron chi connectivity index (χ0n) is 8.21. The highest BCUT2D eigenvalue weighted by Gasteiger charge is 1.98. The monoisotopic (exact) mass is 187 g/mol. The van der Waals surface area contributed by atoms with Crippen LogP contribution in [0.25, 0.3) is 0 Å². The molecule has 0 radical (unpaired) electrons. The highest BCUT2D eigenvalue weighted by Crippen LogP contribution is 2.12. The van der Waals surface area contributed by atoms with Gasteiger partial charge in [0.05, 0.1) is 0 Å². The lowest BCUT2D eigenvalue weighted by Gasteiger charge is -2.06. The van der Waals surface area contributed by atoms with Crippen molar-refractivity contribution in [2.24, 2.45) is 0 Å². The predicted molar refractivity (Wildman–Crippen MR) is 58.2 cm³/mol. The number of hydrogen-bond acceptors (Lipinski definition) is 2. The van der Waals surface area contributed by atoms with Crippen molar-refractivity contribution >= 4 is 11.5 Å². The molecule has 0 fully saturated rings. The summed E-state index contributed by atoms with van der Waals surface area (Å²) in [5, 5.41) is 3.13. The van der Waals surface area contributed by atoms with Crippen LogP contribution in [0.2, 0.25) is 0 Å². The number of Topliss-reactive ketones (excluding diaryl/α,β-unsaturated/α-hetero) is 1. The lowest BCUT2D eigenvalue weighted by atomic mass is 10.2. The minimum Gasteiger partial charge on any atom is -0.384 e. The van der Waals surface area contributed by atoms with Crippen LogP contribution in [-0.2, 0) is 4.79 Å². The first-order chi connectivity index (χ1) is 6.74. The van der Waals surface area contributed by atoms with E-state index in [2.05, 4.69) is 11.2 Å². The average Bonchev–Trinajstić information content (AvgIpc) is 2.18. The molecule has 0 bridgehead atoms. The van der Waals surface area contributed by atoms with Gasteiger partial charge in [-0.1, -0.05) is 18.1 Å². The summed E-state index contributed by atoms with van der Waals surface area (Å²) in [6.07, 6.45) is 5.85. The van der Waals surface area contributed by atoms with Crippen molar-refractivity contribution in [2.75, 3.05) is 11.9 Å². The van der Waals surface area contributed by atoms with Gasteiger partial charge in [-0.15, -0.1) is 6.42 Å². The van der Waals surface area contributed by atoms with E-state index < -0.39 is 0 Å². The van der Waals surface area contributed by atoms with Gasteiger partial charge < -0.3 is 5.32 Å². The first kappa shape index (κ1) is 10.3. The molecule has 0 aliphatic rings. The van der Waals surface area contributed by atoms with Gasteiger partial charge in [-0.2, -0.15) is 0 Å². The van der Waals surface area contributed by atoms with E-state index in [1.54, 1.807) is 6.92 Å². The van der Waals surface area contributed by atoms with Gasteiger partial charge >= 0.3 is 0 Å². The van der Waals surface area contributed by atoms with Gasteiger partial charge in [-0.25, -0.2) is 0 Å². The Balaban J connectivity index is 2.59. The Hall–Kier alpha value is -1.75. The third kappa shape index (κ3) is 2.95. The maximum absolute atomic E-state index is 10.7. The van der Waals surface area contributed by atoms with Gasteiger partial charge in [0.1, 0.15) is 5.78 Å². The molecule has 0 atom stereocenters. The van der Waals surface area contributed by atoms with Gasteiger partial charge in [-0.05, 0) is 19.1 Å². The van der Waals surface area contributed by atoms with E-state index >= 15 is 0 Å². The molecule has 14 heavy (non-hydrogen) atoms. The molecule has 1 aromatic carbocycles. The Morgan fingerprint density at radius 2 is 2.21 bits per heavy atom. The van der Waals surface area contributed by atoms with Gasteiger partial charge in [-0.3, -0.25) is 4.79 Å². The molecule has 72 valence electrons. The summed E-state index contributed by atoms with van der Waals surface area (Å²) in [5.41, 5.74) is 1.74. The van der Waals surface area contributed by atoms with Crippen molar-refractivity contribution < 1.29 is 4.79 Å². The summed E-state index contributed by atoms with van der Waals surface area (Å²) >= 11 is 0. The van der Waals surface area contributed by atoms with E-state index in [0.29, 0.717) is 13.0 Å². The molecule has 0 aromatic heterocycles. The van der Waals surface area contributed by atoms with Crippen LogP contribution in [0.5, 0.6) is 0 Å². The van der Waals surface area contributed by atoms with Gasteiger partial charge in [0.25, 0.3) is 0 Å². The first-order valence-electron chi connectivity index (χ1n) is 4.53. The van der Waals surface area contributed by atoms with E-state index in [9.17, 15) is 4.79 Å². The van der Waals surface area contributed by atoms with E-state index in [0.717, 1.165) is 11.3 Å². The quantitative estimate of drug-likeness (QED) is 0.731. The summed E-state index contributed by atoms with van der Waals surface area (Å²) in [6, 6.07) is 7.59. The van der Waals surface area contributed by atoms with Crippen LogP contribution < -0.4 is 5.32 Å². The van der Waals surface area contributed by atoms with Crippen molar-refractivity contribution in [3.05, 3.63) is 29.8 Å². The minimum atomic E-state index is 0.177. The van der Waals surface area contributed by atoms with E-state index in [1.807, 2.05) is 24.3 Å². The van der Waals surface area contributed by atoms with Crippen LogP contribution >= 0.6 is 0 Å². The standard InChI is InChI=1S/C12H13NO/c1-3-11-6-4-5-7-12(11)13-9-8-10(2)14/h1,4-7,13H,8-9H2,2H3. The molecule has 0 saturated heterocycles. The van der Waals surface area contributed by atoms with Crippen LogP contribution in [0, 0.1) is 12.3 Å². The zero-order chi connectivity index (χ0) is 10.4. The number of carbonyl (C=O) groups is 1. The molecule has 0 heterocycles. The summed E-state index contributed by atoms with van der Waals surface area (Å²) in [7, 11) is 0. The number of nitrogens with one attached hydrogen (secondary N) is 1. The van der Waals surface area contributed by atoms with Crippen LogP contribution in [-0.4, -0.2) is 12.3 Å². The second-order valence-electron chi connectivity index (χ2n) is 3.07. The van der Waals surface area contributed by atoms with E-state index in [1.165, 1.54) is 0 Å². The molecule has 0 spiro atoms. The Kier molecular flexibility index (Phi) is 3.75. The largest absolute Gasteiger partial charge is 0.384 e. The summed E-state index contributed by atoms with van der Waals surface area (Å²) < 4.78 is 0. The highest BCUT2D eigenvalue weighted by atomic mass is 16.1. The topological polar surface area (TPSA) is 29.1 Å². The van der Waals surface area contributed by atoms with Gasteiger partial charge in [0.15, 0.2) is 0 Å². The zero-order valence-corrected chi connectivity index (χ0v) is 8.21. The number of benzene rings is 1. The fraction of sp³-hybridized carbons (Fsp3) is 0.250.